The summed E-state index contributed by atoms with van der Waals surface area (Å²) in [7, 11) is -2.24. The van der Waals surface area contributed by atoms with E-state index in [0.717, 1.165) is 12.8 Å². The molecule has 0 aromatic heterocycles. The highest BCUT2D eigenvalue weighted by Crippen LogP contribution is 2.42. The molecule has 1 radical (unpaired) electrons. The van der Waals surface area contributed by atoms with E-state index in [1.807, 2.05) is 0 Å². The maximum atomic E-state index is 6.41. The fourth-order valence-electron chi connectivity index (χ4n) is 2.26. The summed E-state index contributed by atoms with van der Waals surface area (Å²) in [5.41, 5.74) is 0.340. The molecular formula is C13H30Cl3OSi3. The third-order valence-corrected chi connectivity index (χ3v) is 10.3. The third-order valence-electron chi connectivity index (χ3n) is 3.20. The summed E-state index contributed by atoms with van der Waals surface area (Å²) in [5, 5.41) is 0. The van der Waals surface area contributed by atoms with Gasteiger partial charge >= 0.3 is 6.00 Å². The molecule has 0 saturated carbocycles. The van der Waals surface area contributed by atoms with Crippen LogP contribution in [0.15, 0.2) is 0 Å². The van der Waals surface area contributed by atoms with Crippen molar-refractivity contribution in [2.75, 3.05) is 0 Å². The molecule has 0 amide bonds. The monoisotopic (exact) mass is 391 g/mol. The second-order valence-electron chi connectivity index (χ2n) is 6.73. The summed E-state index contributed by atoms with van der Waals surface area (Å²) < 4.78 is 6.41. The zero-order valence-corrected chi connectivity index (χ0v) is 19.0. The molecule has 0 aliphatic heterocycles. The maximum absolute atomic E-state index is 6.41. The zero-order valence-electron chi connectivity index (χ0n) is 13.7. The van der Waals surface area contributed by atoms with Gasteiger partial charge < -0.3 is 4.43 Å². The average Bonchev–Trinajstić information content (AvgIpc) is 2.23. The van der Waals surface area contributed by atoms with E-state index in [2.05, 4.69) is 39.7 Å². The van der Waals surface area contributed by atoms with Crippen LogP contribution in [-0.4, -0.2) is 28.8 Å². The Labute approximate surface area is 143 Å². The van der Waals surface area contributed by atoms with Crippen molar-refractivity contribution in [3.8, 4) is 0 Å². The lowest BCUT2D eigenvalue weighted by molar-refractivity contribution is 0.249. The van der Waals surface area contributed by atoms with Crippen molar-refractivity contribution in [1.29, 1.82) is 0 Å². The third kappa shape index (κ3) is 9.49. The molecule has 0 aliphatic rings. The Morgan fingerprint density at radius 2 is 1.55 bits per heavy atom. The van der Waals surface area contributed by atoms with Crippen LogP contribution in [0.3, 0.4) is 0 Å². The quantitative estimate of drug-likeness (QED) is 0.234. The number of hydrogen-bond acceptors (Lipinski definition) is 1. The highest BCUT2D eigenvalue weighted by atomic mass is 35.8. The summed E-state index contributed by atoms with van der Waals surface area (Å²) in [5.74, 6) is 0. The van der Waals surface area contributed by atoms with Crippen molar-refractivity contribution in [3.63, 3.8) is 0 Å². The molecule has 0 aliphatic carbocycles. The molecule has 2 atom stereocenters. The average molecular weight is 393 g/mol. The summed E-state index contributed by atoms with van der Waals surface area (Å²) in [4.78, 5) is 0. The van der Waals surface area contributed by atoms with Gasteiger partial charge in [0.15, 0.2) is 8.32 Å². The molecule has 20 heavy (non-hydrogen) atoms. The lowest BCUT2D eigenvalue weighted by Crippen LogP contribution is -2.46. The first-order chi connectivity index (χ1) is 8.99. The molecule has 0 fully saturated rings. The zero-order chi connectivity index (χ0) is 16.0. The number of hydrogen-bond donors (Lipinski definition) is 0. The van der Waals surface area contributed by atoms with Gasteiger partial charge in [-0.25, -0.2) is 0 Å². The Morgan fingerprint density at radius 3 is 1.90 bits per heavy atom. The van der Waals surface area contributed by atoms with E-state index in [1.54, 1.807) is 0 Å². The van der Waals surface area contributed by atoms with Gasteiger partial charge in [-0.3, -0.25) is 0 Å². The van der Waals surface area contributed by atoms with Crippen molar-refractivity contribution in [3.05, 3.63) is 0 Å². The fourth-order valence-corrected chi connectivity index (χ4v) is 12.0. The highest BCUT2D eigenvalue weighted by molar-refractivity contribution is 7.65. The van der Waals surface area contributed by atoms with Gasteiger partial charge in [0.2, 0.25) is 0 Å². The molecule has 0 spiro atoms. The minimum Gasteiger partial charge on any atom is -0.418 e. The van der Waals surface area contributed by atoms with Crippen LogP contribution in [0.5, 0.6) is 0 Å². The Hall–Kier alpha value is 1.48. The number of unbranched alkanes of at least 4 members (excludes halogenated alkanes) is 3. The van der Waals surface area contributed by atoms with E-state index >= 15 is 0 Å². The van der Waals surface area contributed by atoms with Crippen molar-refractivity contribution >= 4 is 56.4 Å². The minimum atomic E-state index is -2.73. The lowest BCUT2D eigenvalue weighted by Gasteiger charge is -2.37. The molecule has 0 rings (SSSR count). The molecule has 7 heteroatoms. The predicted octanol–water partition coefficient (Wildman–Crippen LogP) is 6.50. The summed E-state index contributed by atoms with van der Waals surface area (Å²) in [6, 6.07) is -2.73. The van der Waals surface area contributed by atoms with Crippen LogP contribution in [0.25, 0.3) is 0 Å². The van der Waals surface area contributed by atoms with E-state index in [1.165, 1.54) is 19.3 Å². The molecule has 2 unspecified atom stereocenters. The van der Waals surface area contributed by atoms with Crippen LogP contribution in [0, 0.1) is 0 Å². The van der Waals surface area contributed by atoms with E-state index in [9.17, 15) is 0 Å². The highest BCUT2D eigenvalue weighted by Gasteiger charge is 2.44. The van der Waals surface area contributed by atoms with Gasteiger partial charge in [0, 0.05) is 11.3 Å². The van der Waals surface area contributed by atoms with Gasteiger partial charge in [-0.2, -0.15) is 0 Å². The predicted molar refractivity (Wildman–Crippen MR) is 102 cm³/mol. The Balaban J connectivity index is 4.85. The molecule has 0 bridgehead atoms. The van der Waals surface area contributed by atoms with Gasteiger partial charge in [0.25, 0.3) is 0 Å². The first-order valence-corrected chi connectivity index (χ1v) is 18.6. The molecular weight excluding hydrogens is 363 g/mol. The number of halogens is 3. The summed E-state index contributed by atoms with van der Waals surface area (Å²) in [6.07, 6.45) is 5.90. The second kappa shape index (κ2) is 9.58. The Bertz CT molecular complexity index is 265. The van der Waals surface area contributed by atoms with Crippen LogP contribution < -0.4 is 0 Å². The molecule has 0 aromatic rings. The normalized spacial score (nSPS) is 16.5. The molecule has 1 nitrogen and oxygen atoms in total. The second-order valence-corrected chi connectivity index (χ2v) is 22.8. The summed E-state index contributed by atoms with van der Waals surface area (Å²) >= 11 is 19.2. The van der Waals surface area contributed by atoms with Crippen molar-refractivity contribution in [2.24, 2.45) is 0 Å². The standard InChI is InChI=1S/C13H30Cl3OSi3/c1-7-8-9-10-11-12(20(14,15)16)13(18(2)3)17-19(4,5)6/h12-13H,7-11H2,1-6H3. The Morgan fingerprint density at radius 1 is 1.00 bits per heavy atom. The lowest BCUT2D eigenvalue weighted by atomic mass is 10.1. The van der Waals surface area contributed by atoms with E-state index in [4.69, 9.17) is 37.7 Å². The topological polar surface area (TPSA) is 9.23 Å². The van der Waals surface area contributed by atoms with Crippen LogP contribution in [0.4, 0.5) is 0 Å². The SMILES string of the molecule is CCCCCCC(C(O[Si](C)(C)C)[Si](C)C)[Si](Cl)(Cl)Cl. The first-order valence-electron chi connectivity index (χ1n) is 7.53. The largest absolute Gasteiger partial charge is 0.418 e. The van der Waals surface area contributed by atoms with Crippen molar-refractivity contribution in [2.45, 2.75) is 83.0 Å². The van der Waals surface area contributed by atoms with Crippen molar-refractivity contribution in [1.82, 2.24) is 0 Å². The van der Waals surface area contributed by atoms with Crippen LogP contribution in [0.2, 0.25) is 38.3 Å². The van der Waals surface area contributed by atoms with Crippen LogP contribution >= 0.6 is 33.2 Å². The fraction of sp³-hybridized carbons (Fsp3) is 1.00. The van der Waals surface area contributed by atoms with Gasteiger partial charge in [-0.15, -0.1) is 33.2 Å². The first kappa shape index (κ1) is 21.5. The number of rotatable bonds is 10. The smallest absolute Gasteiger partial charge is 0.346 e. The van der Waals surface area contributed by atoms with Crippen LogP contribution in [-0.2, 0) is 4.43 Å². The van der Waals surface area contributed by atoms with Crippen molar-refractivity contribution < 1.29 is 4.43 Å². The van der Waals surface area contributed by atoms with Gasteiger partial charge in [0.1, 0.15) is 0 Å². The molecule has 0 heterocycles. The van der Waals surface area contributed by atoms with Gasteiger partial charge in [0.05, 0.1) is 8.80 Å². The molecule has 0 saturated heterocycles. The summed E-state index contributed by atoms with van der Waals surface area (Å²) in [6.45, 7) is 13.4. The van der Waals surface area contributed by atoms with Gasteiger partial charge in [-0.05, 0) is 26.1 Å². The Kier molecular flexibility index (Phi) is 10.3. The molecule has 121 valence electrons. The van der Waals surface area contributed by atoms with E-state index in [0.29, 0.717) is 0 Å². The van der Waals surface area contributed by atoms with Gasteiger partial charge in [-0.1, -0.05) is 45.7 Å². The van der Waals surface area contributed by atoms with E-state index < -0.39 is 23.1 Å². The van der Waals surface area contributed by atoms with E-state index in [-0.39, 0.29) is 11.3 Å². The maximum Gasteiger partial charge on any atom is 0.346 e. The molecule has 0 N–H and O–H groups in total. The molecule has 0 aromatic carbocycles. The minimum absolute atomic E-state index is 0.153. The van der Waals surface area contributed by atoms with Crippen LogP contribution in [0.1, 0.15) is 39.0 Å².